The van der Waals surface area contributed by atoms with Crippen molar-refractivity contribution in [2.24, 2.45) is 39.9 Å². The minimum atomic E-state index is -0.135. The fourth-order valence-corrected chi connectivity index (χ4v) is 7.35. The van der Waals surface area contributed by atoms with Crippen LogP contribution in [0.3, 0.4) is 0 Å². The van der Waals surface area contributed by atoms with Crippen molar-refractivity contribution in [1.29, 1.82) is 0 Å². The zero-order valence-corrected chi connectivity index (χ0v) is 16.8. The van der Waals surface area contributed by atoms with Gasteiger partial charge in [0.05, 0.1) is 6.61 Å². The van der Waals surface area contributed by atoms with E-state index in [4.69, 9.17) is 4.74 Å². The molecule has 0 heterocycles. The van der Waals surface area contributed by atoms with E-state index < -0.39 is 0 Å². The summed E-state index contributed by atoms with van der Waals surface area (Å²) < 4.78 is 5.39. The average Bonchev–Trinajstić information content (AvgIpc) is 2.84. The van der Waals surface area contributed by atoms with Gasteiger partial charge < -0.3 is 4.74 Å². The molecule has 0 aliphatic heterocycles. The molecule has 0 amide bonds. The van der Waals surface area contributed by atoms with Crippen LogP contribution in [0.4, 0.5) is 0 Å². The number of carbonyl (C=O) groups is 1. The lowest BCUT2D eigenvalue weighted by Gasteiger charge is -2.60. The van der Waals surface area contributed by atoms with Crippen LogP contribution in [0, 0.1) is 39.9 Å². The molecule has 0 aromatic heterocycles. The molecule has 0 spiro atoms. The Labute approximate surface area is 149 Å². The van der Waals surface area contributed by atoms with Crippen LogP contribution in [0.2, 0.25) is 0 Å². The van der Waals surface area contributed by atoms with Gasteiger partial charge in [-0.3, -0.25) is 4.79 Å². The maximum atomic E-state index is 11.2. The maximum Gasteiger partial charge on any atom is 0.302 e. The Morgan fingerprint density at radius 2 is 1.75 bits per heavy atom. The van der Waals surface area contributed by atoms with E-state index in [2.05, 4.69) is 34.6 Å². The van der Waals surface area contributed by atoms with E-state index in [1.807, 2.05) is 0 Å². The van der Waals surface area contributed by atoms with Gasteiger partial charge in [-0.1, -0.05) is 41.0 Å². The second kappa shape index (κ2) is 6.02. The summed E-state index contributed by atoms with van der Waals surface area (Å²) in [7, 11) is 0. The lowest BCUT2D eigenvalue weighted by molar-refractivity contribution is -0.145. The van der Waals surface area contributed by atoms with E-state index >= 15 is 0 Å². The summed E-state index contributed by atoms with van der Waals surface area (Å²) in [6.45, 7) is 14.6. The van der Waals surface area contributed by atoms with E-state index in [0.717, 1.165) is 17.8 Å². The SMILES string of the molecule is CC(=O)OCC(C)C1(C)CC[C@H]2C1CCC1C(C)(C)CCC[C@@]12C. The second-order valence-electron chi connectivity index (χ2n) is 10.4. The van der Waals surface area contributed by atoms with Gasteiger partial charge in [-0.15, -0.1) is 0 Å². The number of rotatable bonds is 3. The molecule has 6 atom stereocenters. The van der Waals surface area contributed by atoms with E-state index in [-0.39, 0.29) is 5.97 Å². The summed E-state index contributed by atoms with van der Waals surface area (Å²) in [5.41, 5.74) is 1.39. The van der Waals surface area contributed by atoms with Gasteiger partial charge >= 0.3 is 5.97 Å². The van der Waals surface area contributed by atoms with Gasteiger partial charge in [0, 0.05) is 6.92 Å². The molecule has 0 saturated heterocycles. The van der Waals surface area contributed by atoms with E-state index in [1.165, 1.54) is 51.9 Å². The predicted octanol–water partition coefficient (Wildman–Crippen LogP) is 5.84. The van der Waals surface area contributed by atoms with Crippen LogP contribution in [-0.2, 0) is 9.53 Å². The van der Waals surface area contributed by atoms with Gasteiger partial charge in [0.2, 0.25) is 0 Å². The summed E-state index contributed by atoms with van der Waals surface area (Å²) in [5, 5.41) is 0. The maximum absolute atomic E-state index is 11.2. The van der Waals surface area contributed by atoms with Crippen LogP contribution in [0.5, 0.6) is 0 Å². The van der Waals surface area contributed by atoms with Crippen LogP contribution >= 0.6 is 0 Å². The van der Waals surface area contributed by atoms with Crippen molar-refractivity contribution < 1.29 is 9.53 Å². The molecule has 2 heteroatoms. The summed E-state index contributed by atoms with van der Waals surface area (Å²) in [6, 6.07) is 0. The second-order valence-corrected chi connectivity index (χ2v) is 10.4. The number of hydrogen-bond acceptors (Lipinski definition) is 2. The molecule has 3 rings (SSSR count). The Balaban J connectivity index is 1.81. The molecule has 3 fully saturated rings. The molecule has 24 heavy (non-hydrogen) atoms. The lowest BCUT2D eigenvalue weighted by Crippen LogP contribution is -2.52. The van der Waals surface area contributed by atoms with Crippen LogP contribution in [0.15, 0.2) is 0 Å². The van der Waals surface area contributed by atoms with Gasteiger partial charge in [-0.2, -0.15) is 0 Å². The fraction of sp³-hybridized carbons (Fsp3) is 0.955. The standard InChI is InChI=1S/C22H38O2/c1-15(14-24-16(2)23)21(5)13-10-18-17(21)8-9-19-20(3,4)11-7-12-22(18,19)6/h15,17-19H,7-14H2,1-6H3/t15?,17?,18-,19?,21?,22+/m0/s1. The van der Waals surface area contributed by atoms with Gasteiger partial charge in [-0.25, -0.2) is 0 Å². The molecule has 0 N–H and O–H groups in total. The zero-order chi connectivity index (χ0) is 17.8. The normalized spacial score (nSPS) is 45.2. The highest BCUT2D eigenvalue weighted by Crippen LogP contribution is 2.68. The molecule has 0 aromatic rings. The van der Waals surface area contributed by atoms with Crippen molar-refractivity contribution >= 4 is 5.97 Å². The van der Waals surface area contributed by atoms with E-state index in [1.54, 1.807) is 0 Å². The number of hydrogen-bond donors (Lipinski definition) is 0. The smallest absolute Gasteiger partial charge is 0.302 e. The first-order valence-corrected chi connectivity index (χ1v) is 10.2. The van der Waals surface area contributed by atoms with Crippen LogP contribution in [0.25, 0.3) is 0 Å². The zero-order valence-electron chi connectivity index (χ0n) is 16.8. The van der Waals surface area contributed by atoms with Crippen LogP contribution < -0.4 is 0 Å². The third kappa shape index (κ3) is 2.72. The first-order valence-electron chi connectivity index (χ1n) is 10.2. The summed E-state index contributed by atoms with van der Waals surface area (Å²) >= 11 is 0. The number of ether oxygens (including phenoxy) is 1. The van der Waals surface area contributed by atoms with Crippen LogP contribution in [0.1, 0.15) is 86.5 Å². The molecule has 0 aromatic carbocycles. The van der Waals surface area contributed by atoms with Crippen LogP contribution in [-0.4, -0.2) is 12.6 Å². The quantitative estimate of drug-likeness (QED) is 0.606. The molecule has 3 aliphatic carbocycles. The first-order chi connectivity index (χ1) is 11.1. The summed E-state index contributed by atoms with van der Waals surface area (Å²) in [5.74, 6) is 2.92. The van der Waals surface area contributed by atoms with Crippen molar-refractivity contribution in [3.63, 3.8) is 0 Å². The molecule has 0 bridgehead atoms. The molecule has 2 nitrogen and oxygen atoms in total. The van der Waals surface area contributed by atoms with Crippen molar-refractivity contribution in [3.05, 3.63) is 0 Å². The molecule has 138 valence electrons. The summed E-state index contributed by atoms with van der Waals surface area (Å²) in [6.07, 6.45) is 9.72. The highest BCUT2D eigenvalue weighted by atomic mass is 16.5. The monoisotopic (exact) mass is 334 g/mol. The molecule has 3 saturated carbocycles. The van der Waals surface area contributed by atoms with Gasteiger partial charge in [0.15, 0.2) is 0 Å². The fourth-order valence-electron chi connectivity index (χ4n) is 7.35. The number of carbonyl (C=O) groups excluding carboxylic acids is 1. The molecule has 3 aliphatic rings. The van der Waals surface area contributed by atoms with Crippen molar-refractivity contribution in [2.45, 2.75) is 86.5 Å². The van der Waals surface area contributed by atoms with Gasteiger partial charge in [-0.05, 0) is 78.4 Å². The minimum Gasteiger partial charge on any atom is -0.466 e. The number of fused-ring (bicyclic) bond motifs is 3. The number of esters is 1. The predicted molar refractivity (Wildman–Crippen MR) is 98.6 cm³/mol. The molecule has 0 radical (unpaired) electrons. The molecular formula is C22H38O2. The largest absolute Gasteiger partial charge is 0.466 e. The van der Waals surface area contributed by atoms with Gasteiger partial charge in [0.25, 0.3) is 0 Å². The topological polar surface area (TPSA) is 26.3 Å². The Hall–Kier alpha value is -0.530. The third-order valence-electron chi connectivity index (χ3n) is 8.88. The Bertz CT molecular complexity index is 496. The Kier molecular flexibility index (Phi) is 4.58. The van der Waals surface area contributed by atoms with Crippen molar-refractivity contribution in [1.82, 2.24) is 0 Å². The summed E-state index contributed by atoms with van der Waals surface area (Å²) in [4.78, 5) is 11.2. The average molecular weight is 335 g/mol. The highest BCUT2D eigenvalue weighted by Gasteiger charge is 2.60. The van der Waals surface area contributed by atoms with Gasteiger partial charge in [0.1, 0.15) is 0 Å². The van der Waals surface area contributed by atoms with Crippen molar-refractivity contribution in [3.8, 4) is 0 Å². The Morgan fingerprint density at radius 3 is 2.42 bits per heavy atom. The first kappa shape index (κ1) is 18.3. The molecule has 4 unspecified atom stereocenters. The molecular weight excluding hydrogens is 296 g/mol. The Morgan fingerprint density at radius 1 is 1.04 bits per heavy atom. The lowest BCUT2D eigenvalue weighted by atomic mass is 9.45. The van der Waals surface area contributed by atoms with E-state index in [0.29, 0.717) is 28.8 Å². The minimum absolute atomic E-state index is 0.135. The highest BCUT2D eigenvalue weighted by molar-refractivity contribution is 5.65. The third-order valence-corrected chi connectivity index (χ3v) is 8.88. The van der Waals surface area contributed by atoms with Crippen molar-refractivity contribution in [2.75, 3.05) is 6.61 Å². The van der Waals surface area contributed by atoms with E-state index in [9.17, 15) is 4.79 Å².